The molecule has 2 N–H and O–H groups in total. The van der Waals surface area contributed by atoms with E-state index in [2.05, 4.69) is 29.3 Å². The largest absolute Gasteiger partial charge is 0.486 e. The highest BCUT2D eigenvalue weighted by molar-refractivity contribution is 5.54. The summed E-state index contributed by atoms with van der Waals surface area (Å²) < 4.78 is 7.65. The van der Waals surface area contributed by atoms with E-state index in [1.54, 1.807) is 0 Å². The first kappa shape index (κ1) is 13.4. The van der Waals surface area contributed by atoms with Gasteiger partial charge >= 0.3 is 0 Å². The van der Waals surface area contributed by atoms with Crippen LogP contribution in [0.3, 0.4) is 0 Å². The summed E-state index contributed by atoms with van der Waals surface area (Å²) in [6, 6.07) is 9.97. The molecule has 0 fully saturated rings. The Morgan fingerprint density at radius 3 is 2.67 bits per heavy atom. The molecule has 0 amide bonds. The van der Waals surface area contributed by atoms with Gasteiger partial charge in [-0.1, -0.05) is 19.1 Å². The van der Waals surface area contributed by atoms with E-state index in [-0.39, 0.29) is 0 Å². The number of fused-ring (bicyclic) bond motifs is 1. The number of hydrogen-bond donors (Lipinski definition) is 1. The van der Waals surface area contributed by atoms with E-state index in [9.17, 15) is 0 Å². The van der Waals surface area contributed by atoms with Gasteiger partial charge in [0.1, 0.15) is 12.4 Å². The summed E-state index contributed by atoms with van der Waals surface area (Å²) in [5.41, 5.74) is 9.66. The topological polar surface area (TPSA) is 65.4 Å². The number of nitrogens with two attached hydrogens (primary N) is 1. The summed E-state index contributed by atoms with van der Waals surface area (Å²) in [4.78, 5) is 0. The Hall–Kier alpha value is -2.56. The summed E-state index contributed by atoms with van der Waals surface area (Å²) in [5, 5.41) is 8.35. The molecule has 0 bridgehead atoms. The fourth-order valence-corrected chi connectivity index (χ4v) is 2.30. The Kier molecular flexibility index (Phi) is 3.48. The zero-order chi connectivity index (χ0) is 14.8. The van der Waals surface area contributed by atoms with Crippen LogP contribution in [-0.2, 0) is 13.0 Å². The van der Waals surface area contributed by atoms with Crippen molar-refractivity contribution in [1.82, 2.24) is 14.6 Å². The Morgan fingerprint density at radius 1 is 1.19 bits per heavy atom. The zero-order valence-corrected chi connectivity index (χ0v) is 12.2. The molecule has 5 nitrogen and oxygen atoms in total. The molecule has 0 aliphatic carbocycles. The van der Waals surface area contributed by atoms with Gasteiger partial charge in [-0.25, -0.2) is 0 Å². The molecule has 3 rings (SSSR count). The minimum atomic E-state index is 0.357. The number of nitrogen functional groups attached to an aromatic ring is 1. The fourth-order valence-electron chi connectivity index (χ4n) is 2.30. The molecule has 21 heavy (non-hydrogen) atoms. The fraction of sp³-hybridized carbons (Fsp3) is 0.250. The molecule has 0 unspecified atom stereocenters. The van der Waals surface area contributed by atoms with Gasteiger partial charge in [0.25, 0.3) is 0 Å². The molecule has 1 aromatic carbocycles. The first-order chi connectivity index (χ1) is 10.2. The van der Waals surface area contributed by atoms with Gasteiger partial charge < -0.3 is 10.5 Å². The molecule has 108 valence electrons. The first-order valence-electron chi connectivity index (χ1n) is 6.99. The van der Waals surface area contributed by atoms with Crippen molar-refractivity contribution >= 4 is 11.3 Å². The molecule has 2 aromatic heterocycles. The van der Waals surface area contributed by atoms with Gasteiger partial charge in [-0.3, -0.25) is 4.40 Å². The number of ether oxygens (including phenoxy) is 1. The standard InChI is InChI=1S/C16H18N4O/c1-3-12-4-6-14(7-5-12)21-10-15-18-19-16-11(2)8-13(17)9-20(15)16/h4-9H,3,10,17H2,1-2H3. The average molecular weight is 282 g/mol. The number of anilines is 1. The van der Waals surface area contributed by atoms with Gasteiger partial charge in [-0.15, -0.1) is 10.2 Å². The molecule has 0 saturated heterocycles. The minimum Gasteiger partial charge on any atom is -0.486 e. The number of nitrogens with zero attached hydrogens (tertiary/aromatic N) is 3. The van der Waals surface area contributed by atoms with Crippen molar-refractivity contribution < 1.29 is 4.74 Å². The van der Waals surface area contributed by atoms with E-state index in [0.717, 1.165) is 29.2 Å². The maximum absolute atomic E-state index is 5.87. The predicted octanol–water partition coefficient (Wildman–Crippen LogP) is 2.76. The maximum Gasteiger partial charge on any atom is 0.175 e. The van der Waals surface area contributed by atoms with Crippen molar-refractivity contribution in [3.05, 3.63) is 53.5 Å². The van der Waals surface area contributed by atoms with Crippen molar-refractivity contribution in [2.75, 3.05) is 5.73 Å². The number of pyridine rings is 1. The number of benzene rings is 1. The lowest BCUT2D eigenvalue weighted by Crippen LogP contribution is -2.03. The third-order valence-electron chi connectivity index (χ3n) is 3.48. The summed E-state index contributed by atoms with van der Waals surface area (Å²) in [6.45, 7) is 4.45. The Labute approximate surface area is 123 Å². The molecule has 0 spiro atoms. The predicted molar refractivity (Wildman–Crippen MR) is 82.3 cm³/mol. The molecule has 0 radical (unpaired) electrons. The second-order valence-corrected chi connectivity index (χ2v) is 5.05. The highest BCUT2D eigenvalue weighted by Crippen LogP contribution is 2.17. The Morgan fingerprint density at radius 2 is 1.95 bits per heavy atom. The molecular weight excluding hydrogens is 264 g/mol. The summed E-state index contributed by atoms with van der Waals surface area (Å²) in [5.74, 6) is 1.56. The number of aryl methyl sites for hydroxylation is 2. The number of aromatic nitrogens is 3. The van der Waals surface area contributed by atoms with Crippen molar-refractivity contribution in [2.45, 2.75) is 26.9 Å². The number of hydrogen-bond acceptors (Lipinski definition) is 4. The van der Waals surface area contributed by atoms with Gasteiger partial charge in [-0.2, -0.15) is 0 Å². The average Bonchev–Trinajstić information content (AvgIpc) is 2.89. The summed E-state index contributed by atoms with van der Waals surface area (Å²) >= 11 is 0. The van der Waals surface area contributed by atoms with Crippen LogP contribution in [0.25, 0.3) is 5.65 Å². The van der Waals surface area contributed by atoms with E-state index in [4.69, 9.17) is 10.5 Å². The smallest absolute Gasteiger partial charge is 0.175 e. The van der Waals surface area contributed by atoms with Crippen LogP contribution in [0.15, 0.2) is 36.5 Å². The number of rotatable bonds is 4. The van der Waals surface area contributed by atoms with E-state index in [0.29, 0.717) is 12.3 Å². The molecule has 0 aliphatic rings. The highest BCUT2D eigenvalue weighted by atomic mass is 16.5. The molecule has 0 atom stereocenters. The van der Waals surface area contributed by atoms with Gasteiger partial charge in [0.2, 0.25) is 0 Å². The quantitative estimate of drug-likeness (QED) is 0.799. The van der Waals surface area contributed by atoms with Crippen LogP contribution in [0.4, 0.5) is 5.69 Å². The summed E-state index contributed by atoms with van der Waals surface area (Å²) in [6.07, 6.45) is 2.84. The van der Waals surface area contributed by atoms with Crippen LogP contribution < -0.4 is 10.5 Å². The van der Waals surface area contributed by atoms with E-state index >= 15 is 0 Å². The molecule has 0 aliphatic heterocycles. The van der Waals surface area contributed by atoms with Crippen LogP contribution in [0.5, 0.6) is 5.75 Å². The van der Waals surface area contributed by atoms with E-state index in [1.807, 2.05) is 35.7 Å². The lowest BCUT2D eigenvalue weighted by atomic mass is 10.2. The minimum absolute atomic E-state index is 0.357. The van der Waals surface area contributed by atoms with Crippen LogP contribution in [0.2, 0.25) is 0 Å². The molecule has 2 heterocycles. The summed E-state index contributed by atoms with van der Waals surface area (Å²) in [7, 11) is 0. The lowest BCUT2D eigenvalue weighted by Gasteiger charge is -2.06. The molecular formula is C16H18N4O. The van der Waals surface area contributed by atoms with E-state index in [1.165, 1.54) is 5.56 Å². The van der Waals surface area contributed by atoms with Crippen molar-refractivity contribution in [2.24, 2.45) is 0 Å². The maximum atomic E-state index is 5.87. The SMILES string of the molecule is CCc1ccc(OCc2nnc3c(C)cc(N)cn23)cc1. The Bertz CT molecular complexity index is 762. The van der Waals surface area contributed by atoms with Crippen molar-refractivity contribution in [3.8, 4) is 5.75 Å². The second kappa shape index (κ2) is 5.44. The third kappa shape index (κ3) is 2.67. The van der Waals surface area contributed by atoms with Crippen LogP contribution >= 0.6 is 0 Å². The highest BCUT2D eigenvalue weighted by Gasteiger charge is 2.09. The third-order valence-corrected chi connectivity index (χ3v) is 3.48. The van der Waals surface area contributed by atoms with Gasteiger partial charge in [0.05, 0.1) is 0 Å². The second-order valence-electron chi connectivity index (χ2n) is 5.05. The van der Waals surface area contributed by atoms with Crippen molar-refractivity contribution in [1.29, 1.82) is 0 Å². The lowest BCUT2D eigenvalue weighted by molar-refractivity contribution is 0.294. The van der Waals surface area contributed by atoms with Gasteiger partial charge in [0, 0.05) is 11.9 Å². The normalized spacial score (nSPS) is 11.0. The van der Waals surface area contributed by atoms with Crippen LogP contribution in [-0.4, -0.2) is 14.6 Å². The van der Waals surface area contributed by atoms with Crippen LogP contribution in [0, 0.1) is 6.92 Å². The van der Waals surface area contributed by atoms with Crippen LogP contribution in [0.1, 0.15) is 23.9 Å². The Balaban J connectivity index is 1.81. The van der Waals surface area contributed by atoms with Crippen molar-refractivity contribution in [3.63, 3.8) is 0 Å². The van der Waals surface area contributed by atoms with Gasteiger partial charge in [0.15, 0.2) is 11.5 Å². The van der Waals surface area contributed by atoms with E-state index < -0.39 is 0 Å². The molecule has 5 heteroatoms. The first-order valence-corrected chi connectivity index (χ1v) is 6.99. The molecule has 0 saturated carbocycles. The van der Waals surface area contributed by atoms with Gasteiger partial charge in [-0.05, 0) is 42.7 Å². The molecule has 3 aromatic rings. The monoisotopic (exact) mass is 282 g/mol. The zero-order valence-electron chi connectivity index (χ0n) is 12.2.